The van der Waals surface area contributed by atoms with Gasteiger partial charge in [0, 0.05) is 18.2 Å². The predicted molar refractivity (Wildman–Crippen MR) is 110 cm³/mol. The van der Waals surface area contributed by atoms with Gasteiger partial charge in [0.25, 0.3) is 0 Å². The van der Waals surface area contributed by atoms with E-state index in [1.807, 2.05) is 0 Å². The summed E-state index contributed by atoms with van der Waals surface area (Å²) < 4.78 is 52.4. The maximum absolute atomic E-state index is 13.2. The molecule has 11 heteroatoms. The quantitative estimate of drug-likeness (QED) is 0.416. The zero-order chi connectivity index (χ0) is 21.8. The van der Waals surface area contributed by atoms with Gasteiger partial charge in [-0.05, 0) is 54.6 Å². The first kappa shape index (κ1) is 20.7. The van der Waals surface area contributed by atoms with Crippen LogP contribution in [0.4, 0.5) is 4.39 Å². The Kier molecular flexibility index (Phi) is 5.78. The molecule has 0 spiro atoms. The monoisotopic (exact) mass is 443 g/mol. The zero-order valence-electron chi connectivity index (χ0n) is 16.4. The maximum atomic E-state index is 13.2. The summed E-state index contributed by atoms with van der Waals surface area (Å²) in [6.45, 7) is 0.100. The highest BCUT2D eigenvalue weighted by molar-refractivity contribution is 7.89. The second kappa shape index (κ2) is 8.66. The molecule has 2 aromatic heterocycles. The third kappa shape index (κ3) is 4.62. The number of fused-ring (bicyclic) bond motifs is 1. The fourth-order valence-electron chi connectivity index (χ4n) is 2.80. The van der Waals surface area contributed by atoms with Gasteiger partial charge in [0.05, 0.1) is 12.0 Å². The number of methoxy groups -OCH3 is 1. The third-order valence-electron chi connectivity index (χ3n) is 4.35. The van der Waals surface area contributed by atoms with Crippen molar-refractivity contribution in [1.29, 1.82) is 0 Å². The van der Waals surface area contributed by atoms with Crippen molar-refractivity contribution >= 4 is 15.7 Å². The minimum Gasteiger partial charge on any atom is -0.497 e. The summed E-state index contributed by atoms with van der Waals surface area (Å²) >= 11 is 0. The Balaban J connectivity index is 1.41. The molecule has 2 heterocycles. The van der Waals surface area contributed by atoms with Crippen molar-refractivity contribution in [2.24, 2.45) is 0 Å². The first-order valence-corrected chi connectivity index (χ1v) is 10.7. The number of halogens is 1. The molecule has 0 saturated carbocycles. The van der Waals surface area contributed by atoms with E-state index < -0.39 is 10.0 Å². The van der Waals surface area contributed by atoms with Gasteiger partial charge in [0.1, 0.15) is 18.2 Å². The molecule has 0 aliphatic heterocycles. The van der Waals surface area contributed by atoms with E-state index >= 15 is 0 Å². The number of rotatable bonds is 8. The fraction of sp³-hybridized carbons (Fsp3) is 0.150. The first-order chi connectivity index (χ1) is 15.0. The lowest BCUT2D eigenvalue weighted by molar-refractivity contribution is 0.306. The van der Waals surface area contributed by atoms with E-state index in [4.69, 9.17) is 9.47 Å². The molecule has 0 amide bonds. The largest absolute Gasteiger partial charge is 0.497 e. The smallest absolute Gasteiger partial charge is 0.240 e. The number of hydrogen-bond donors (Lipinski definition) is 1. The minimum absolute atomic E-state index is 0.0427. The lowest BCUT2D eigenvalue weighted by Gasteiger charge is -2.09. The highest BCUT2D eigenvalue weighted by atomic mass is 32.2. The lowest BCUT2D eigenvalue weighted by atomic mass is 10.2. The van der Waals surface area contributed by atoms with Crippen LogP contribution in [0.1, 0.15) is 0 Å². The van der Waals surface area contributed by atoms with E-state index in [1.165, 1.54) is 35.9 Å². The Morgan fingerprint density at radius 1 is 1.00 bits per heavy atom. The van der Waals surface area contributed by atoms with Crippen LogP contribution in [0.3, 0.4) is 0 Å². The summed E-state index contributed by atoms with van der Waals surface area (Å²) in [5.41, 5.74) is 1.14. The van der Waals surface area contributed by atoms with Crippen molar-refractivity contribution in [1.82, 2.24) is 24.5 Å². The van der Waals surface area contributed by atoms with Crippen LogP contribution in [0.2, 0.25) is 0 Å². The molecule has 0 saturated heterocycles. The number of hydrogen-bond acceptors (Lipinski definition) is 7. The van der Waals surface area contributed by atoms with Gasteiger partial charge in [0.15, 0.2) is 11.5 Å². The van der Waals surface area contributed by atoms with Crippen LogP contribution in [-0.4, -0.2) is 48.5 Å². The second-order valence-electron chi connectivity index (χ2n) is 6.39. The van der Waals surface area contributed by atoms with Crippen LogP contribution >= 0.6 is 0 Å². The summed E-state index contributed by atoms with van der Waals surface area (Å²) in [6, 6.07) is 15.1. The van der Waals surface area contributed by atoms with Gasteiger partial charge in [-0.15, -0.1) is 15.3 Å². The SMILES string of the molecule is COc1ccc(S(=O)(=O)NCCOc2ccc3nnc(-c4ccc(F)cc4)n3n2)cc1. The van der Waals surface area contributed by atoms with E-state index in [0.717, 1.165) is 0 Å². The van der Waals surface area contributed by atoms with Gasteiger partial charge in [-0.1, -0.05) is 0 Å². The number of sulfonamides is 1. The van der Waals surface area contributed by atoms with Crippen LogP contribution in [0.25, 0.3) is 17.0 Å². The molecule has 4 rings (SSSR count). The van der Waals surface area contributed by atoms with Crippen LogP contribution in [-0.2, 0) is 10.0 Å². The summed E-state index contributed by atoms with van der Waals surface area (Å²) in [5.74, 6) is 0.907. The molecule has 1 N–H and O–H groups in total. The highest BCUT2D eigenvalue weighted by Gasteiger charge is 2.14. The molecule has 2 aromatic carbocycles. The van der Waals surface area contributed by atoms with Gasteiger partial charge in [-0.2, -0.15) is 4.52 Å². The predicted octanol–water partition coefficient (Wildman–Crippen LogP) is 2.30. The Labute approximate surface area is 177 Å². The Bertz CT molecular complexity index is 1290. The standard InChI is InChI=1S/C20H18FN5O4S/c1-29-16-6-8-17(9-7-16)31(27,28)22-12-13-30-19-11-10-18-23-24-20(26(18)25-19)14-2-4-15(21)5-3-14/h2-11,22H,12-13H2,1H3. The molecule has 0 radical (unpaired) electrons. The minimum atomic E-state index is -3.67. The molecule has 0 bridgehead atoms. The van der Waals surface area contributed by atoms with Crippen molar-refractivity contribution in [2.75, 3.05) is 20.3 Å². The number of benzene rings is 2. The summed E-state index contributed by atoms with van der Waals surface area (Å²) in [6.07, 6.45) is 0. The van der Waals surface area contributed by atoms with E-state index in [0.29, 0.717) is 22.8 Å². The Hall–Kier alpha value is -3.57. The topological polar surface area (TPSA) is 108 Å². The van der Waals surface area contributed by atoms with Gasteiger partial charge in [0.2, 0.25) is 15.9 Å². The van der Waals surface area contributed by atoms with E-state index in [2.05, 4.69) is 20.0 Å². The average Bonchev–Trinajstić information content (AvgIpc) is 3.20. The third-order valence-corrected chi connectivity index (χ3v) is 5.83. The summed E-state index contributed by atoms with van der Waals surface area (Å²) in [5, 5.41) is 12.4. The van der Waals surface area contributed by atoms with Crippen molar-refractivity contribution in [2.45, 2.75) is 4.90 Å². The molecular weight excluding hydrogens is 425 g/mol. The van der Waals surface area contributed by atoms with Crippen molar-refractivity contribution < 1.29 is 22.3 Å². The van der Waals surface area contributed by atoms with Crippen molar-refractivity contribution in [3.8, 4) is 23.0 Å². The molecule has 160 valence electrons. The Morgan fingerprint density at radius 3 is 2.45 bits per heavy atom. The molecule has 0 fully saturated rings. The van der Waals surface area contributed by atoms with E-state index in [9.17, 15) is 12.8 Å². The van der Waals surface area contributed by atoms with Crippen molar-refractivity contribution in [3.05, 3.63) is 66.5 Å². The molecule has 0 aliphatic rings. The number of nitrogens with zero attached hydrogens (tertiary/aromatic N) is 4. The van der Waals surface area contributed by atoms with Crippen LogP contribution < -0.4 is 14.2 Å². The van der Waals surface area contributed by atoms with Gasteiger partial charge in [-0.25, -0.2) is 17.5 Å². The molecule has 4 aromatic rings. The first-order valence-electron chi connectivity index (χ1n) is 9.21. The van der Waals surface area contributed by atoms with Gasteiger partial charge < -0.3 is 9.47 Å². The average molecular weight is 443 g/mol. The highest BCUT2D eigenvalue weighted by Crippen LogP contribution is 2.19. The van der Waals surface area contributed by atoms with Crippen LogP contribution in [0.5, 0.6) is 11.6 Å². The Morgan fingerprint density at radius 2 is 1.74 bits per heavy atom. The maximum Gasteiger partial charge on any atom is 0.240 e. The molecule has 0 aliphatic carbocycles. The van der Waals surface area contributed by atoms with Gasteiger partial charge in [-0.3, -0.25) is 0 Å². The molecule has 0 unspecified atom stereocenters. The van der Waals surface area contributed by atoms with Crippen molar-refractivity contribution in [3.63, 3.8) is 0 Å². The second-order valence-corrected chi connectivity index (χ2v) is 8.16. The van der Waals surface area contributed by atoms with E-state index in [-0.39, 0.29) is 29.7 Å². The van der Waals surface area contributed by atoms with Gasteiger partial charge >= 0.3 is 0 Å². The van der Waals surface area contributed by atoms with Crippen LogP contribution in [0.15, 0.2) is 65.6 Å². The molecule has 9 nitrogen and oxygen atoms in total. The summed E-state index contributed by atoms with van der Waals surface area (Å²) in [4.78, 5) is 0.126. The number of ether oxygens (including phenoxy) is 2. The molecular formula is C20H18FN5O4S. The zero-order valence-corrected chi connectivity index (χ0v) is 17.2. The summed E-state index contributed by atoms with van der Waals surface area (Å²) in [7, 11) is -2.17. The van der Waals surface area contributed by atoms with E-state index in [1.54, 1.807) is 36.4 Å². The molecule has 0 atom stereocenters. The number of aromatic nitrogens is 4. The normalized spacial score (nSPS) is 11.5. The lowest BCUT2D eigenvalue weighted by Crippen LogP contribution is -2.28. The molecule has 31 heavy (non-hydrogen) atoms. The van der Waals surface area contributed by atoms with Crippen LogP contribution in [0, 0.1) is 5.82 Å². The fourth-order valence-corrected chi connectivity index (χ4v) is 3.81. The number of nitrogens with one attached hydrogen (secondary N) is 1.